The van der Waals surface area contributed by atoms with Crippen LogP contribution in [0.3, 0.4) is 0 Å². The standard InChI is InChI=1S/C17H32O2/c1-2-3-4-5-6-7-8-9-10-13-16-14-11-12-15-17(18)19-16/h16H,2-15H2,1H3. The van der Waals surface area contributed by atoms with Gasteiger partial charge in [-0.05, 0) is 32.1 Å². The summed E-state index contributed by atoms with van der Waals surface area (Å²) in [6.07, 6.45) is 17.4. The van der Waals surface area contributed by atoms with Gasteiger partial charge in [0.05, 0.1) is 0 Å². The quantitative estimate of drug-likeness (QED) is 0.392. The fourth-order valence-electron chi connectivity index (χ4n) is 2.83. The molecule has 1 heterocycles. The van der Waals surface area contributed by atoms with E-state index in [9.17, 15) is 4.79 Å². The van der Waals surface area contributed by atoms with Crippen LogP contribution < -0.4 is 0 Å². The minimum Gasteiger partial charge on any atom is -0.462 e. The van der Waals surface area contributed by atoms with E-state index in [-0.39, 0.29) is 12.1 Å². The Hall–Kier alpha value is -0.530. The van der Waals surface area contributed by atoms with Gasteiger partial charge in [0.25, 0.3) is 0 Å². The Bertz CT molecular complexity index is 225. The van der Waals surface area contributed by atoms with Crippen LogP contribution in [0.25, 0.3) is 0 Å². The van der Waals surface area contributed by atoms with Gasteiger partial charge in [-0.25, -0.2) is 0 Å². The summed E-state index contributed by atoms with van der Waals surface area (Å²) in [5.41, 5.74) is 0. The highest BCUT2D eigenvalue weighted by atomic mass is 16.5. The van der Waals surface area contributed by atoms with Crippen LogP contribution in [0.1, 0.15) is 96.8 Å². The third-order valence-corrected chi connectivity index (χ3v) is 4.08. The second kappa shape index (κ2) is 11.3. The lowest BCUT2D eigenvalue weighted by atomic mass is 10.0. The highest BCUT2D eigenvalue weighted by Gasteiger charge is 2.17. The Morgan fingerprint density at radius 3 is 2.26 bits per heavy atom. The van der Waals surface area contributed by atoms with Gasteiger partial charge in [0.1, 0.15) is 6.10 Å². The van der Waals surface area contributed by atoms with Gasteiger partial charge in [-0.15, -0.1) is 0 Å². The van der Waals surface area contributed by atoms with Gasteiger partial charge in [-0.2, -0.15) is 0 Å². The summed E-state index contributed by atoms with van der Waals surface area (Å²) in [5, 5.41) is 0. The van der Waals surface area contributed by atoms with Crippen molar-refractivity contribution in [2.24, 2.45) is 0 Å². The highest BCUT2D eigenvalue weighted by Crippen LogP contribution is 2.19. The first-order valence-corrected chi connectivity index (χ1v) is 8.52. The molecule has 1 aliphatic heterocycles. The molecule has 0 bridgehead atoms. The van der Waals surface area contributed by atoms with Crippen LogP contribution in [0.2, 0.25) is 0 Å². The Kier molecular flexibility index (Phi) is 9.84. The SMILES string of the molecule is CCCCCCCCCCCC1CCCCC(=O)O1. The van der Waals surface area contributed by atoms with E-state index >= 15 is 0 Å². The number of cyclic esters (lactones) is 1. The van der Waals surface area contributed by atoms with E-state index in [4.69, 9.17) is 4.74 Å². The molecule has 1 unspecified atom stereocenters. The molecule has 2 nitrogen and oxygen atoms in total. The van der Waals surface area contributed by atoms with Crippen LogP contribution in [-0.2, 0) is 9.53 Å². The predicted molar refractivity (Wildman–Crippen MR) is 80.2 cm³/mol. The monoisotopic (exact) mass is 268 g/mol. The Balaban J connectivity index is 1.88. The maximum absolute atomic E-state index is 11.3. The molecule has 0 amide bonds. The van der Waals surface area contributed by atoms with Crippen LogP contribution in [0, 0.1) is 0 Å². The molecule has 1 atom stereocenters. The molecule has 0 aromatic rings. The molecule has 0 aliphatic carbocycles. The van der Waals surface area contributed by atoms with E-state index in [1.54, 1.807) is 0 Å². The molecule has 0 radical (unpaired) electrons. The number of unbranched alkanes of at least 4 members (excludes halogenated alkanes) is 8. The van der Waals surface area contributed by atoms with Gasteiger partial charge >= 0.3 is 5.97 Å². The minimum atomic E-state index is 0.0263. The van der Waals surface area contributed by atoms with Gasteiger partial charge in [0, 0.05) is 6.42 Å². The fraction of sp³-hybridized carbons (Fsp3) is 0.941. The van der Waals surface area contributed by atoms with Crippen LogP contribution in [0.4, 0.5) is 0 Å². The number of carbonyl (C=O) groups is 1. The van der Waals surface area contributed by atoms with E-state index in [2.05, 4.69) is 6.92 Å². The van der Waals surface area contributed by atoms with Crippen LogP contribution in [0.5, 0.6) is 0 Å². The van der Waals surface area contributed by atoms with Crippen LogP contribution in [0.15, 0.2) is 0 Å². The zero-order valence-electron chi connectivity index (χ0n) is 12.8. The summed E-state index contributed by atoms with van der Waals surface area (Å²) >= 11 is 0. The summed E-state index contributed by atoms with van der Waals surface area (Å²) in [4.78, 5) is 11.3. The maximum atomic E-state index is 11.3. The van der Waals surface area contributed by atoms with Gasteiger partial charge in [-0.1, -0.05) is 58.3 Å². The van der Waals surface area contributed by atoms with Gasteiger partial charge in [0.2, 0.25) is 0 Å². The maximum Gasteiger partial charge on any atom is 0.306 e. The summed E-state index contributed by atoms with van der Waals surface area (Å²) < 4.78 is 5.44. The molecule has 0 saturated carbocycles. The van der Waals surface area contributed by atoms with Gasteiger partial charge in [0.15, 0.2) is 0 Å². The van der Waals surface area contributed by atoms with Crippen molar-refractivity contribution in [1.82, 2.24) is 0 Å². The zero-order valence-corrected chi connectivity index (χ0v) is 12.8. The second-order valence-electron chi connectivity index (χ2n) is 5.97. The van der Waals surface area contributed by atoms with Crippen molar-refractivity contribution in [3.63, 3.8) is 0 Å². The van der Waals surface area contributed by atoms with Crippen LogP contribution >= 0.6 is 0 Å². The lowest BCUT2D eigenvalue weighted by molar-refractivity contribution is -0.148. The predicted octanol–water partition coefficient (Wildman–Crippen LogP) is 5.39. The van der Waals surface area contributed by atoms with E-state index in [1.165, 1.54) is 57.8 Å². The Morgan fingerprint density at radius 1 is 0.947 bits per heavy atom. The van der Waals surface area contributed by atoms with E-state index < -0.39 is 0 Å². The van der Waals surface area contributed by atoms with Crippen molar-refractivity contribution in [2.45, 2.75) is 103 Å². The molecule has 19 heavy (non-hydrogen) atoms. The third-order valence-electron chi connectivity index (χ3n) is 4.08. The second-order valence-corrected chi connectivity index (χ2v) is 5.97. The van der Waals surface area contributed by atoms with E-state index in [0.29, 0.717) is 6.42 Å². The molecule has 2 heteroatoms. The van der Waals surface area contributed by atoms with Crippen LogP contribution in [-0.4, -0.2) is 12.1 Å². The van der Waals surface area contributed by atoms with Crippen molar-refractivity contribution in [3.05, 3.63) is 0 Å². The van der Waals surface area contributed by atoms with Gasteiger partial charge in [-0.3, -0.25) is 4.79 Å². The lowest BCUT2D eigenvalue weighted by Gasteiger charge is -2.14. The normalized spacial score (nSPS) is 20.1. The zero-order chi connectivity index (χ0) is 13.8. The fourth-order valence-corrected chi connectivity index (χ4v) is 2.83. The highest BCUT2D eigenvalue weighted by molar-refractivity contribution is 5.69. The largest absolute Gasteiger partial charge is 0.462 e. The molecule has 0 N–H and O–H groups in total. The molecule has 1 fully saturated rings. The first kappa shape index (κ1) is 16.5. The number of hydrogen-bond donors (Lipinski definition) is 0. The average Bonchev–Trinajstić information content (AvgIpc) is 2.61. The molecule has 0 aromatic heterocycles. The number of hydrogen-bond acceptors (Lipinski definition) is 2. The number of ether oxygens (including phenoxy) is 1. The van der Waals surface area contributed by atoms with Crippen molar-refractivity contribution >= 4 is 5.97 Å². The number of esters is 1. The number of rotatable bonds is 10. The van der Waals surface area contributed by atoms with Crippen molar-refractivity contribution < 1.29 is 9.53 Å². The molecular formula is C17H32O2. The molecule has 1 rings (SSSR count). The molecule has 0 aromatic carbocycles. The first-order chi connectivity index (χ1) is 9.33. The topological polar surface area (TPSA) is 26.3 Å². The summed E-state index contributed by atoms with van der Waals surface area (Å²) in [5.74, 6) is 0.0263. The molecule has 112 valence electrons. The summed E-state index contributed by atoms with van der Waals surface area (Å²) in [6, 6.07) is 0. The Labute approximate surface area is 119 Å². The first-order valence-electron chi connectivity index (χ1n) is 8.52. The van der Waals surface area contributed by atoms with E-state index in [1.807, 2.05) is 0 Å². The average molecular weight is 268 g/mol. The van der Waals surface area contributed by atoms with Crippen molar-refractivity contribution in [2.75, 3.05) is 0 Å². The molecule has 1 saturated heterocycles. The van der Waals surface area contributed by atoms with Crippen molar-refractivity contribution in [1.29, 1.82) is 0 Å². The smallest absolute Gasteiger partial charge is 0.306 e. The summed E-state index contributed by atoms with van der Waals surface area (Å²) in [7, 11) is 0. The van der Waals surface area contributed by atoms with E-state index in [0.717, 1.165) is 25.7 Å². The van der Waals surface area contributed by atoms with Crippen molar-refractivity contribution in [3.8, 4) is 0 Å². The number of carbonyl (C=O) groups excluding carboxylic acids is 1. The molecule has 1 aliphatic rings. The molecule has 0 spiro atoms. The third kappa shape index (κ3) is 9.07. The Morgan fingerprint density at radius 2 is 1.58 bits per heavy atom. The minimum absolute atomic E-state index is 0.0263. The van der Waals surface area contributed by atoms with Gasteiger partial charge < -0.3 is 4.74 Å². The molecular weight excluding hydrogens is 236 g/mol. The lowest BCUT2D eigenvalue weighted by Crippen LogP contribution is -2.15. The summed E-state index contributed by atoms with van der Waals surface area (Å²) in [6.45, 7) is 2.26.